The third kappa shape index (κ3) is 3.07. The molecule has 34 heavy (non-hydrogen) atoms. The summed E-state index contributed by atoms with van der Waals surface area (Å²) < 4.78 is 28.9. The highest BCUT2D eigenvalue weighted by molar-refractivity contribution is 5.93. The standard InChI is InChI=1S/C26H27F2N5O/c1-5-33(24(34)22-15(2)10-12-29-31-22)14-26-11-9-17(25(26,3)4)16-13-20(30-32-23(16)26)21-18(27)7-6-8-19(21)28/h6-8,10,12-13,17H,5,9,11,14H2,1-4H3/t17-,26-/m0/s1. The van der Waals surface area contributed by atoms with Crippen LogP contribution in [0.3, 0.4) is 0 Å². The van der Waals surface area contributed by atoms with Gasteiger partial charge in [-0.05, 0) is 73.4 Å². The number of carbonyl (C=O) groups excluding carboxylic acids is 1. The van der Waals surface area contributed by atoms with Gasteiger partial charge < -0.3 is 4.90 Å². The van der Waals surface area contributed by atoms with Gasteiger partial charge in [0.25, 0.3) is 5.91 Å². The van der Waals surface area contributed by atoms with Gasteiger partial charge in [-0.1, -0.05) is 19.9 Å². The number of hydrogen-bond donors (Lipinski definition) is 0. The largest absolute Gasteiger partial charge is 0.337 e. The van der Waals surface area contributed by atoms with Gasteiger partial charge in [-0.2, -0.15) is 15.3 Å². The minimum absolute atomic E-state index is 0.157. The molecule has 2 aliphatic rings. The van der Waals surface area contributed by atoms with Gasteiger partial charge in [0.1, 0.15) is 11.6 Å². The number of carbonyl (C=O) groups is 1. The van der Waals surface area contributed by atoms with Crippen molar-refractivity contribution in [1.82, 2.24) is 25.3 Å². The predicted molar refractivity (Wildman–Crippen MR) is 123 cm³/mol. The first-order valence-corrected chi connectivity index (χ1v) is 11.6. The predicted octanol–water partition coefficient (Wildman–Crippen LogP) is 4.84. The number of aromatic nitrogens is 4. The minimum atomic E-state index is -0.659. The average molecular weight is 464 g/mol. The van der Waals surface area contributed by atoms with E-state index >= 15 is 0 Å². The summed E-state index contributed by atoms with van der Waals surface area (Å²) in [5.74, 6) is -1.31. The summed E-state index contributed by atoms with van der Waals surface area (Å²) in [5.41, 5.74) is 2.36. The van der Waals surface area contributed by atoms with Crippen molar-refractivity contribution in [2.75, 3.05) is 13.1 Å². The monoisotopic (exact) mass is 463 g/mol. The van der Waals surface area contributed by atoms with Crippen molar-refractivity contribution in [3.8, 4) is 11.3 Å². The highest BCUT2D eigenvalue weighted by Crippen LogP contribution is 2.67. The molecule has 1 saturated carbocycles. The fourth-order valence-electron chi connectivity index (χ4n) is 6.05. The smallest absolute Gasteiger partial charge is 0.274 e. The van der Waals surface area contributed by atoms with Gasteiger partial charge in [0.2, 0.25) is 0 Å². The number of hydrogen-bond acceptors (Lipinski definition) is 5. The number of nitrogens with zero attached hydrogens (tertiary/aromatic N) is 5. The van der Waals surface area contributed by atoms with E-state index in [1.165, 1.54) is 18.2 Å². The summed E-state index contributed by atoms with van der Waals surface area (Å²) in [4.78, 5) is 15.2. The number of benzene rings is 1. The zero-order chi connectivity index (χ0) is 24.3. The van der Waals surface area contributed by atoms with Crippen LogP contribution in [0.25, 0.3) is 11.3 Å². The summed E-state index contributed by atoms with van der Waals surface area (Å²) in [6, 6.07) is 7.36. The molecule has 0 spiro atoms. The SMILES string of the molecule is CCN(C[C@@]12CC[C@@H](c3cc(-c4c(F)cccc4F)nnc31)C2(C)C)C(=O)c1nnccc1C. The fraction of sp³-hybridized carbons (Fsp3) is 0.423. The van der Waals surface area contributed by atoms with Crippen LogP contribution in [0.15, 0.2) is 36.5 Å². The Morgan fingerprint density at radius 3 is 2.56 bits per heavy atom. The van der Waals surface area contributed by atoms with E-state index in [0.717, 1.165) is 29.7 Å². The molecule has 0 N–H and O–H groups in total. The maximum Gasteiger partial charge on any atom is 0.274 e. The normalized spacial score (nSPS) is 22.0. The lowest BCUT2D eigenvalue weighted by atomic mass is 9.68. The van der Waals surface area contributed by atoms with E-state index in [0.29, 0.717) is 18.8 Å². The van der Waals surface area contributed by atoms with Gasteiger partial charge >= 0.3 is 0 Å². The van der Waals surface area contributed by atoms with Crippen LogP contribution in [-0.2, 0) is 5.41 Å². The van der Waals surface area contributed by atoms with Gasteiger partial charge in [-0.15, -0.1) is 5.10 Å². The highest BCUT2D eigenvalue weighted by atomic mass is 19.1. The van der Waals surface area contributed by atoms with Crippen molar-refractivity contribution < 1.29 is 13.6 Å². The third-order valence-electron chi connectivity index (χ3n) is 8.09. The first kappa shape index (κ1) is 22.5. The van der Waals surface area contributed by atoms with Crippen molar-refractivity contribution in [2.24, 2.45) is 5.41 Å². The van der Waals surface area contributed by atoms with Crippen LogP contribution in [0, 0.1) is 24.0 Å². The van der Waals surface area contributed by atoms with Crippen LogP contribution in [0.2, 0.25) is 0 Å². The Morgan fingerprint density at radius 1 is 1.15 bits per heavy atom. The van der Waals surface area contributed by atoms with Crippen molar-refractivity contribution in [3.05, 3.63) is 70.7 Å². The molecule has 0 saturated heterocycles. The number of fused-ring (bicyclic) bond motifs is 5. The number of halogens is 2. The maximum absolute atomic E-state index is 14.4. The van der Waals surface area contributed by atoms with E-state index in [1.807, 2.05) is 18.7 Å². The molecule has 2 heterocycles. The van der Waals surface area contributed by atoms with E-state index in [2.05, 4.69) is 34.2 Å². The van der Waals surface area contributed by atoms with Gasteiger partial charge in [-0.25, -0.2) is 8.78 Å². The van der Waals surface area contributed by atoms with Crippen LogP contribution < -0.4 is 0 Å². The lowest BCUT2D eigenvalue weighted by Gasteiger charge is -2.41. The topological polar surface area (TPSA) is 71.9 Å². The lowest BCUT2D eigenvalue weighted by molar-refractivity contribution is 0.0644. The lowest BCUT2D eigenvalue weighted by Crippen LogP contribution is -2.48. The van der Waals surface area contributed by atoms with Gasteiger partial charge in [0.15, 0.2) is 5.69 Å². The van der Waals surface area contributed by atoms with Crippen LogP contribution in [0.1, 0.15) is 66.8 Å². The molecule has 0 aliphatic heterocycles. The Kier molecular flexibility index (Phi) is 5.22. The average Bonchev–Trinajstić information content (AvgIpc) is 3.17. The quantitative estimate of drug-likeness (QED) is 0.542. The van der Waals surface area contributed by atoms with Gasteiger partial charge in [0.05, 0.1) is 17.0 Å². The van der Waals surface area contributed by atoms with Crippen molar-refractivity contribution in [3.63, 3.8) is 0 Å². The zero-order valence-electron chi connectivity index (χ0n) is 19.8. The van der Waals surface area contributed by atoms with Crippen molar-refractivity contribution >= 4 is 5.91 Å². The van der Waals surface area contributed by atoms with Gasteiger partial charge in [0, 0.05) is 24.7 Å². The second-order valence-corrected chi connectivity index (χ2v) is 9.91. The Bertz CT molecular complexity index is 1270. The Balaban J connectivity index is 1.57. The van der Waals surface area contributed by atoms with Crippen LogP contribution >= 0.6 is 0 Å². The zero-order valence-corrected chi connectivity index (χ0v) is 19.8. The first-order valence-electron chi connectivity index (χ1n) is 11.6. The van der Waals surface area contributed by atoms with E-state index in [1.54, 1.807) is 18.3 Å². The Morgan fingerprint density at radius 2 is 1.88 bits per heavy atom. The molecule has 8 heteroatoms. The molecular weight excluding hydrogens is 436 g/mol. The number of amides is 1. The molecule has 1 fully saturated rings. The summed E-state index contributed by atoms with van der Waals surface area (Å²) in [6.45, 7) is 9.17. The number of likely N-dealkylation sites (N-methyl/N-ethyl adjacent to an activating group) is 1. The molecule has 3 aromatic rings. The van der Waals surface area contributed by atoms with E-state index in [-0.39, 0.29) is 28.5 Å². The van der Waals surface area contributed by atoms with Crippen molar-refractivity contribution in [1.29, 1.82) is 0 Å². The van der Waals surface area contributed by atoms with Crippen LogP contribution in [0.4, 0.5) is 8.78 Å². The molecule has 2 bridgehead atoms. The summed E-state index contributed by atoms with van der Waals surface area (Å²) >= 11 is 0. The molecule has 0 unspecified atom stereocenters. The molecule has 2 aliphatic carbocycles. The molecule has 2 aromatic heterocycles. The molecule has 0 radical (unpaired) electrons. The summed E-state index contributed by atoms with van der Waals surface area (Å²) in [5, 5.41) is 16.8. The number of rotatable bonds is 5. The molecule has 2 atom stereocenters. The molecule has 5 rings (SSSR count). The third-order valence-corrected chi connectivity index (χ3v) is 8.09. The van der Waals surface area contributed by atoms with E-state index < -0.39 is 17.0 Å². The van der Waals surface area contributed by atoms with Crippen LogP contribution in [-0.4, -0.2) is 44.3 Å². The molecule has 6 nitrogen and oxygen atoms in total. The van der Waals surface area contributed by atoms with E-state index in [9.17, 15) is 13.6 Å². The highest BCUT2D eigenvalue weighted by Gasteiger charge is 2.64. The minimum Gasteiger partial charge on any atom is -0.337 e. The summed E-state index contributed by atoms with van der Waals surface area (Å²) in [6.07, 6.45) is 3.36. The molecule has 1 amide bonds. The second-order valence-electron chi connectivity index (χ2n) is 9.91. The summed E-state index contributed by atoms with van der Waals surface area (Å²) in [7, 11) is 0. The molecular formula is C26H27F2N5O. The Labute approximate surface area is 197 Å². The Hall–Kier alpha value is -3.29. The fourth-order valence-corrected chi connectivity index (χ4v) is 6.05. The van der Waals surface area contributed by atoms with Gasteiger partial charge in [-0.3, -0.25) is 4.79 Å². The molecule has 176 valence electrons. The maximum atomic E-state index is 14.4. The first-order chi connectivity index (χ1) is 16.2. The number of aryl methyl sites for hydroxylation is 1. The molecule has 1 aromatic carbocycles. The van der Waals surface area contributed by atoms with E-state index in [4.69, 9.17) is 0 Å². The van der Waals surface area contributed by atoms with Crippen LogP contribution in [0.5, 0.6) is 0 Å². The van der Waals surface area contributed by atoms with Crippen molar-refractivity contribution in [2.45, 2.75) is 51.9 Å². The second kappa shape index (κ2) is 7.89.